The summed E-state index contributed by atoms with van der Waals surface area (Å²) in [5.74, 6) is -0.0571. The number of nitrogens with one attached hydrogen (secondary N) is 1. The minimum absolute atomic E-state index is 0.0571. The van der Waals surface area contributed by atoms with Crippen LogP contribution in [-0.2, 0) is 17.6 Å². The molecule has 1 atom stereocenters. The van der Waals surface area contributed by atoms with Crippen LogP contribution in [0.4, 0.5) is 5.69 Å². The highest BCUT2D eigenvalue weighted by Crippen LogP contribution is 2.29. The van der Waals surface area contributed by atoms with Crippen LogP contribution < -0.4 is 10.2 Å². The predicted molar refractivity (Wildman–Crippen MR) is 89.4 cm³/mol. The molecule has 0 fully saturated rings. The molecule has 2 heterocycles. The molecule has 22 heavy (non-hydrogen) atoms. The zero-order valence-electron chi connectivity index (χ0n) is 12.6. The second kappa shape index (κ2) is 6.50. The Balaban J connectivity index is 1.56. The van der Waals surface area contributed by atoms with Gasteiger partial charge in [-0.15, -0.1) is 0 Å². The highest BCUT2D eigenvalue weighted by molar-refractivity contribution is 7.07. The molecule has 0 saturated carbocycles. The number of hydrogen-bond acceptors (Lipinski definition) is 4. The molecule has 0 bridgehead atoms. The van der Waals surface area contributed by atoms with E-state index in [1.807, 2.05) is 29.0 Å². The number of amides is 1. The van der Waals surface area contributed by atoms with E-state index >= 15 is 0 Å². The summed E-state index contributed by atoms with van der Waals surface area (Å²) in [7, 11) is 2.08. The predicted octanol–water partition coefficient (Wildman–Crippen LogP) is 2.13. The first-order valence-electron chi connectivity index (χ1n) is 7.43. The summed E-state index contributed by atoms with van der Waals surface area (Å²) in [6.07, 6.45) is 0.713. The Morgan fingerprint density at radius 3 is 3.09 bits per heavy atom. The topological polar surface area (TPSA) is 52.6 Å². The number of aliphatic hydroxyl groups excluding tert-OH is 1. The molecule has 1 unspecified atom stereocenters. The molecule has 0 aliphatic carbocycles. The minimum atomic E-state index is -0.664. The normalized spacial score (nSPS) is 14.7. The van der Waals surface area contributed by atoms with Crippen LogP contribution in [0.5, 0.6) is 0 Å². The summed E-state index contributed by atoms with van der Waals surface area (Å²) in [4.78, 5) is 14.1. The largest absolute Gasteiger partial charge is 0.387 e. The van der Waals surface area contributed by atoms with E-state index in [2.05, 4.69) is 23.3 Å². The Kier molecular flexibility index (Phi) is 4.45. The van der Waals surface area contributed by atoms with Gasteiger partial charge in [-0.25, -0.2) is 0 Å². The van der Waals surface area contributed by atoms with Crippen molar-refractivity contribution in [3.05, 3.63) is 51.7 Å². The van der Waals surface area contributed by atoms with Crippen molar-refractivity contribution < 1.29 is 9.90 Å². The van der Waals surface area contributed by atoms with E-state index in [9.17, 15) is 9.90 Å². The first kappa shape index (κ1) is 15.1. The number of fused-ring (bicyclic) bond motifs is 1. The molecule has 1 amide bonds. The molecule has 5 heteroatoms. The Bertz CT molecular complexity index is 655. The van der Waals surface area contributed by atoms with Gasteiger partial charge in [-0.05, 0) is 46.0 Å². The van der Waals surface area contributed by atoms with E-state index in [-0.39, 0.29) is 12.5 Å². The van der Waals surface area contributed by atoms with E-state index < -0.39 is 6.10 Å². The number of benzene rings is 1. The fraction of sp³-hybridized carbons (Fsp3) is 0.353. The number of rotatable bonds is 5. The fourth-order valence-electron chi connectivity index (χ4n) is 2.76. The molecule has 1 aromatic carbocycles. The molecule has 1 aliphatic rings. The number of likely N-dealkylation sites (N-methyl/N-ethyl adjacent to an activating group) is 1. The van der Waals surface area contributed by atoms with Gasteiger partial charge in [-0.2, -0.15) is 11.3 Å². The first-order chi connectivity index (χ1) is 10.6. The lowest BCUT2D eigenvalue weighted by molar-refractivity contribution is -0.120. The third-order valence-corrected chi connectivity index (χ3v) is 4.79. The number of anilines is 1. The summed E-state index contributed by atoms with van der Waals surface area (Å²) in [6.45, 7) is 1.27. The van der Waals surface area contributed by atoms with E-state index in [0.717, 1.165) is 24.1 Å². The van der Waals surface area contributed by atoms with Crippen LogP contribution >= 0.6 is 11.3 Å². The number of hydrogen-bond donors (Lipinski definition) is 2. The average Bonchev–Trinajstić information content (AvgIpc) is 3.15. The lowest BCUT2D eigenvalue weighted by atomic mass is 10.0. The lowest BCUT2D eigenvalue weighted by Crippen LogP contribution is -2.29. The van der Waals surface area contributed by atoms with Crippen molar-refractivity contribution in [2.24, 2.45) is 0 Å². The second-order valence-corrected chi connectivity index (χ2v) is 6.47. The number of carbonyl (C=O) groups is 1. The number of thiophene rings is 1. The van der Waals surface area contributed by atoms with Gasteiger partial charge in [-0.3, -0.25) is 4.79 Å². The third kappa shape index (κ3) is 3.31. The summed E-state index contributed by atoms with van der Waals surface area (Å²) in [6, 6.07) is 7.98. The van der Waals surface area contributed by atoms with Crippen LogP contribution in [0.2, 0.25) is 0 Å². The zero-order chi connectivity index (χ0) is 15.5. The molecule has 1 aromatic heterocycles. The van der Waals surface area contributed by atoms with Crippen molar-refractivity contribution in [3.63, 3.8) is 0 Å². The summed E-state index contributed by atoms with van der Waals surface area (Å²) >= 11 is 1.58. The monoisotopic (exact) mass is 316 g/mol. The van der Waals surface area contributed by atoms with Gasteiger partial charge < -0.3 is 15.3 Å². The molecule has 4 nitrogen and oxygen atoms in total. The van der Waals surface area contributed by atoms with Gasteiger partial charge in [0.15, 0.2) is 0 Å². The van der Waals surface area contributed by atoms with Crippen molar-refractivity contribution >= 4 is 22.9 Å². The number of carbonyl (C=O) groups excluding carboxylic acids is 1. The molecule has 0 saturated heterocycles. The molecule has 0 radical (unpaired) electrons. The smallest absolute Gasteiger partial charge is 0.224 e. The molecule has 2 N–H and O–H groups in total. The van der Waals surface area contributed by atoms with Crippen molar-refractivity contribution in [1.29, 1.82) is 0 Å². The number of nitrogens with zero attached hydrogens (tertiary/aromatic N) is 1. The van der Waals surface area contributed by atoms with Gasteiger partial charge in [-0.1, -0.05) is 12.1 Å². The zero-order valence-corrected chi connectivity index (χ0v) is 13.4. The quantitative estimate of drug-likeness (QED) is 0.888. The van der Waals surface area contributed by atoms with Crippen LogP contribution in [0.25, 0.3) is 0 Å². The average molecular weight is 316 g/mol. The van der Waals surface area contributed by atoms with Crippen molar-refractivity contribution in [2.45, 2.75) is 18.9 Å². The van der Waals surface area contributed by atoms with Crippen molar-refractivity contribution in [1.82, 2.24) is 5.32 Å². The molecule has 116 valence electrons. The van der Waals surface area contributed by atoms with Gasteiger partial charge in [0.1, 0.15) is 0 Å². The Morgan fingerprint density at radius 2 is 2.32 bits per heavy atom. The molecule has 3 rings (SSSR count). The van der Waals surface area contributed by atoms with E-state index in [1.165, 1.54) is 11.3 Å². The van der Waals surface area contributed by atoms with Crippen LogP contribution in [-0.4, -0.2) is 31.2 Å². The van der Waals surface area contributed by atoms with E-state index in [4.69, 9.17) is 0 Å². The molecule has 0 spiro atoms. The molecular weight excluding hydrogens is 296 g/mol. The van der Waals surface area contributed by atoms with E-state index in [0.29, 0.717) is 6.42 Å². The Morgan fingerprint density at radius 1 is 1.45 bits per heavy atom. The summed E-state index contributed by atoms with van der Waals surface area (Å²) < 4.78 is 0. The van der Waals surface area contributed by atoms with Gasteiger partial charge in [0, 0.05) is 25.8 Å². The van der Waals surface area contributed by atoms with Crippen LogP contribution in [0, 0.1) is 0 Å². The van der Waals surface area contributed by atoms with Gasteiger partial charge in [0.2, 0.25) is 5.91 Å². The fourth-order valence-corrected chi connectivity index (χ4v) is 3.43. The number of aliphatic hydroxyl groups is 1. The minimum Gasteiger partial charge on any atom is -0.387 e. The van der Waals surface area contributed by atoms with Crippen molar-refractivity contribution in [3.8, 4) is 0 Å². The third-order valence-electron chi connectivity index (χ3n) is 4.05. The standard InChI is InChI=1S/C17H20N2O2S/c1-19-6-4-13-9-14(2-3-15(13)19)16(20)10-18-17(21)8-12-5-7-22-11-12/h2-3,5,7,9,11,16,20H,4,6,8,10H2,1H3,(H,18,21). The van der Waals surface area contributed by atoms with Gasteiger partial charge in [0.25, 0.3) is 0 Å². The van der Waals surface area contributed by atoms with E-state index in [1.54, 1.807) is 11.3 Å². The molecule has 2 aromatic rings. The Labute approximate surface area is 134 Å². The van der Waals surface area contributed by atoms with Gasteiger partial charge >= 0.3 is 0 Å². The van der Waals surface area contributed by atoms with Crippen LogP contribution in [0.1, 0.15) is 22.8 Å². The molecule has 1 aliphatic heterocycles. The Hall–Kier alpha value is -1.85. The van der Waals surface area contributed by atoms with Gasteiger partial charge in [0.05, 0.1) is 12.5 Å². The SMILES string of the molecule is CN1CCc2cc(C(O)CNC(=O)Cc3ccsc3)ccc21. The van der Waals surface area contributed by atoms with Crippen molar-refractivity contribution in [2.75, 3.05) is 25.0 Å². The maximum atomic E-state index is 11.9. The van der Waals surface area contributed by atoms with Crippen LogP contribution in [0.15, 0.2) is 35.0 Å². The maximum Gasteiger partial charge on any atom is 0.224 e. The lowest BCUT2D eigenvalue weighted by Gasteiger charge is -2.15. The first-order valence-corrected chi connectivity index (χ1v) is 8.37. The summed E-state index contributed by atoms with van der Waals surface area (Å²) in [5, 5.41) is 17.0. The second-order valence-electron chi connectivity index (χ2n) is 5.69. The van der Waals surface area contributed by atoms with Crippen LogP contribution in [0.3, 0.4) is 0 Å². The maximum absolute atomic E-state index is 11.9. The molecular formula is C17H20N2O2S. The summed E-state index contributed by atoms with van der Waals surface area (Å²) in [5.41, 5.74) is 4.38. The highest BCUT2D eigenvalue weighted by Gasteiger charge is 2.18. The highest BCUT2D eigenvalue weighted by atomic mass is 32.1.